The first-order valence-electron chi connectivity index (χ1n) is 14.3. The van der Waals surface area contributed by atoms with E-state index in [1.54, 1.807) is 28.9 Å². The number of para-hydroxylation sites is 1. The maximum atomic E-state index is 14.6. The van der Waals surface area contributed by atoms with Crippen molar-refractivity contribution >= 4 is 29.1 Å². The summed E-state index contributed by atoms with van der Waals surface area (Å²) in [5.41, 5.74) is 2.19. The van der Waals surface area contributed by atoms with Gasteiger partial charge in [0.2, 0.25) is 11.8 Å². The lowest BCUT2D eigenvalue weighted by Crippen LogP contribution is -2.58. The van der Waals surface area contributed by atoms with Gasteiger partial charge in [-0.3, -0.25) is 14.4 Å². The fraction of sp³-hybridized carbons (Fsp3) is 0.424. The van der Waals surface area contributed by atoms with Crippen LogP contribution >= 0.6 is 0 Å². The minimum absolute atomic E-state index is 0.219. The monoisotopic (exact) mass is 557 g/mol. The Morgan fingerprint density at radius 1 is 1.10 bits per heavy atom. The van der Waals surface area contributed by atoms with Crippen LogP contribution in [0.1, 0.15) is 30.9 Å². The largest absolute Gasteiger partial charge is 0.394 e. The van der Waals surface area contributed by atoms with Crippen LogP contribution in [0.3, 0.4) is 0 Å². The molecule has 0 saturated carbocycles. The van der Waals surface area contributed by atoms with Crippen molar-refractivity contribution in [1.29, 1.82) is 0 Å². The van der Waals surface area contributed by atoms with Gasteiger partial charge in [0.15, 0.2) is 0 Å². The topological polar surface area (TPSA) is 90.4 Å². The molecule has 3 fully saturated rings. The van der Waals surface area contributed by atoms with Gasteiger partial charge in [0, 0.05) is 24.5 Å². The van der Waals surface area contributed by atoms with E-state index >= 15 is 0 Å². The minimum atomic E-state index is -1.17. The summed E-state index contributed by atoms with van der Waals surface area (Å²) in [7, 11) is 0. The number of carbonyl (C=O) groups is 3. The number of hydrogen-bond donors (Lipinski definition) is 1. The van der Waals surface area contributed by atoms with Crippen LogP contribution in [-0.4, -0.2) is 71.2 Å². The van der Waals surface area contributed by atoms with Crippen LogP contribution in [0.25, 0.3) is 0 Å². The number of fused-ring (bicyclic) bond motifs is 1. The molecule has 0 aliphatic carbocycles. The molecule has 3 saturated heterocycles. The summed E-state index contributed by atoms with van der Waals surface area (Å²) in [5.74, 6) is -2.43. The molecule has 0 radical (unpaired) electrons. The quantitative estimate of drug-likeness (QED) is 0.449. The molecule has 3 aliphatic heterocycles. The summed E-state index contributed by atoms with van der Waals surface area (Å²) in [6.07, 6.45) is 3.88. The van der Waals surface area contributed by atoms with Crippen LogP contribution in [0.15, 0.2) is 73.8 Å². The van der Waals surface area contributed by atoms with Crippen LogP contribution in [0.4, 0.5) is 11.4 Å². The molecule has 3 heterocycles. The summed E-state index contributed by atoms with van der Waals surface area (Å²) >= 11 is 0. The smallest absolute Gasteiger partial charge is 0.253 e. The molecule has 3 amide bonds. The van der Waals surface area contributed by atoms with Crippen LogP contribution in [0.5, 0.6) is 0 Å². The van der Waals surface area contributed by atoms with Crippen molar-refractivity contribution < 1.29 is 24.2 Å². The molecule has 2 aromatic rings. The number of carbonyl (C=O) groups excluding carboxylic acids is 3. The van der Waals surface area contributed by atoms with Crippen molar-refractivity contribution in [3.63, 3.8) is 0 Å². The van der Waals surface area contributed by atoms with Crippen molar-refractivity contribution in [2.24, 2.45) is 11.8 Å². The van der Waals surface area contributed by atoms with Gasteiger partial charge < -0.3 is 24.5 Å². The lowest BCUT2D eigenvalue weighted by atomic mass is 9.70. The van der Waals surface area contributed by atoms with Gasteiger partial charge in [-0.2, -0.15) is 0 Å². The molecule has 8 heteroatoms. The third-order valence-electron chi connectivity index (χ3n) is 8.87. The van der Waals surface area contributed by atoms with E-state index in [1.807, 2.05) is 62.4 Å². The van der Waals surface area contributed by atoms with E-state index < -0.39 is 35.6 Å². The molecule has 41 heavy (non-hydrogen) atoms. The number of hydrogen-bond acceptors (Lipinski definition) is 5. The zero-order valence-electron chi connectivity index (χ0n) is 24.0. The Bertz CT molecular complexity index is 1360. The summed E-state index contributed by atoms with van der Waals surface area (Å²) in [4.78, 5) is 48.0. The fourth-order valence-corrected chi connectivity index (χ4v) is 7.05. The highest BCUT2D eigenvalue weighted by Gasteiger charge is 2.75. The maximum absolute atomic E-state index is 14.6. The first-order valence-corrected chi connectivity index (χ1v) is 14.3. The predicted octanol–water partition coefficient (Wildman–Crippen LogP) is 3.80. The van der Waals surface area contributed by atoms with Crippen LogP contribution in [-0.2, 0) is 19.1 Å². The molecule has 1 N–H and O–H groups in total. The average molecular weight is 558 g/mol. The first kappa shape index (κ1) is 28.8. The molecule has 3 aliphatic rings. The molecule has 2 aromatic carbocycles. The van der Waals surface area contributed by atoms with Gasteiger partial charge in [0.05, 0.1) is 30.6 Å². The summed E-state index contributed by atoms with van der Waals surface area (Å²) in [5, 5.41) is 10.2. The van der Waals surface area contributed by atoms with Gasteiger partial charge in [-0.25, -0.2) is 0 Å². The highest BCUT2D eigenvalue weighted by Crippen LogP contribution is 2.59. The fourth-order valence-electron chi connectivity index (χ4n) is 7.05. The number of anilines is 2. The molecular formula is C33H39N3O5. The first-order chi connectivity index (χ1) is 19.7. The number of aliphatic hydroxyl groups is 1. The Morgan fingerprint density at radius 2 is 1.78 bits per heavy atom. The Morgan fingerprint density at radius 3 is 2.44 bits per heavy atom. The normalized spacial score (nSPS) is 26.9. The van der Waals surface area contributed by atoms with Crippen molar-refractivity contribution in [1.82, 2.24) is 4.90 Å². The molecule has 2 unspecified atom stereocenters. The molecule has 6 atom stereocenters. The van der Waals surface area contributed by atoms with E-state index in [9.17, 15) is 19.5 Å². The predicted molar refractivity (Wildman–Crippen MR) is 158 cm³/mol. The third kappa shape index (κ3) is 4.59. The van der Waals surface area contributed by atoms with Crippen LogP contribution < -0.4 is 9.80 Å². The Balaban J connectivity index is 1.59. The Kier molecular flexibility index (Phi) is 7.90. The second-order valence-corrected chi connectivity index (χ2v) is 11.4. The summed E-state index contributed by atoms with van der Waals surface area (Å²) < 4.78 is 6.64. The van der Waals surface area contributed by atoms with Crippen molar-refractivity contribution in [3.8, 4) is 0 Å². The SMILES string of the molecule is C=CCN(C(=O)[C@@H]1[C@H]2C(=O)N([C@H](C)CO)C(C(=O)N(CC=C)c3cc(C)ccc3C)C23CC[C@H]1O3)c1ccccc1. The number of amides is 3. The highest BCUT2D eigenvalue weighted by atomic mass is 16.5. The molecule has 216 valence electrons. The summed E-state index contributed by atoms with van der Waals surface area (Å²) in [6.45, 7) is 13.5. The standard InChI is InChI=1S/C33H39N3O5/c1-6-17-34(24-11-9-8-10-12-24)30(38)27-26-15-16-33(41-26)28(27)31(39)36(23(5)20-37)29(33)32(40)35(18-7-2)25-19-21(3)13-14-22(25)4/h6-14,19,23,26-29,37H,1-2,15-18,20H2,3-5H3/t23-,26-,27+,28+,29?,33?/m1/s1. The number of aryl methyl sites for hydroxylation is 2. The van der Waals surface area contributed by atoms with Crippen molar-refractivity contribution in [3.05, 3.63) is 85.0 Å². The number of benzene rings is 2. The number of rotatable bonds is 10. The number of nitrogens with zero attached hydrogens (tertiary/aromatic N) is 3. The molecule has 1 spiro atoms. The van der Waals surface area contributed by atoms with Gasteiger partial charge in [-0.1, -0.05) is 42.5 Å². The van der Waals surface area contributed by atoms with Gasteiger partial charge in [0.25, 0.3) is 5.91 Å². The number of aliphatic hydroxyl groups excluding tert-OH is 1. The van der Waals surface area contributed by atoms with Crippen molar-refractivity contribution in [2.45, 2.75) is 57.4 Å². The second-order valence-electron chi connectivity index (χ2n) is 11.4. The Hall–Kier alpha value is -3.75. The third-order valence-corrected chi connectivity index (χ3v) is 8.87. The second kappa shape index (κ2) is 11.3. The van der Waals surface area contributed by atoms with Crippen LogP contribution in [0.2, 0.25) is 0 Å². The summed E-state index contributed by atoms with van der Waals surface area (Å²) in [6, 6.07) is 13.6. The minimum Gasteiger partial charge on any atom is -0.394 e. The number of likely N-dealkylation sites (tertiary alicyclic amines) is 1. The highest BCUT2D eigenvalue weighted by molar-refractivity contribution is 6.07. The van der Waals surface area contributed by atoms with Gasteiger partial charge >= 0.3 is 0 Å². The van der Waals surface area contributed by atoms with Gasteiger partial charge in [-0.05, 0) is 62.9 Å². The molecular weight excluding hydrogens is 518 g/mol. The average Bonchev–Trinajstić information content (AvgIpc) is 3.62. The number of ether oxygens (including phenoxy) is 1. The van der Waals surface area contributed by atoms with E-state index in [0.29, 0.717) is 18.5 Å². The maximum Gasteiger partial charge on any atom is 0.253 e. The lowest BCUT2D eigenvalue weighted by Gasteiger charge is -2.38. The van der Waals surface area contributed by atoms with E-state index in [1.165, 1.54) is 4.90 Å². The molecule has 2 bridgehead atoms. The van der Waals surface area contributed by atoms with E-state index in [2.05, 4.69) is 13.2 Å². The van der Waals surface area contributed by atoms with E-state index in [-0.39, 0.29) is 37.4 Å². The van der Waals surface area contributed by atoms with E-state index in [4.69, 9.17) is 4.74 Å². The Labute approximate surface area is 241 Å². The lowest BCUT2D eigenvalue weighted by molar-refractivity contribution is -0.143. The van der Waals surface area contributed by atoms with Gasteiger partial charge in [0.1, 0.15) is 11.6 Å². The molecule has 0 aromatic heterocycles. The molecule has 8 nitrogen and oxygen atoms in total. The van der Waals surface area contributed by atoms with E-state index in [0.717, 1.165) is 16.8 Å². The molecule has 5 rings (SSSR count). The zero-order valence-corrected chi connectivity index (χ0v) is 24.0. The van der Waals surface area contributed by atoms with Crippen LogP contribution in [0, 0.1) is 25.7 Å². The zero-order chi connectivity index (χ0) is 29.5. The van der Waals surface area contributed by atoms with Crippen molar-refractivity contribution in [2.75, 3.05) is 29.5 Å². The van der Waals surface area contributed by atoms with Gasteiger partial charge in [-0.15, -0.1) is 13.2 Å².